The molecule has 0 aromatic heterocycles. The van der Waals surface area contributed by atoms with Crippen LogP contribution in [-0.2, 0) is 20.7 Å². The molecule has 4 N–H and O–H groups in total. The predicted octanol–water partition coefficient (Wildman–Crippen LogP) is 1.22. The van der Waals surface area contributed by atoms with Crippen LogP contribution in [-0.4, -0.2) is 73.4 Å². The maximum Gasteiger partial charge on any atom is 0.328 e. The van der Waals surface area contributed by atoms with Gasteiger partial charge in [0.05, 0.1) is 12.6 Å². The number of nitrogens with zero attached hydrogens (tertiary/aromatic N) is 1. The van der Waals surface area contributed by atoms with Gasteiger partial charge >= 0.3 is 5.97 Å². The second kappa shape index (κ2) is 13.1. The second-order valence-electron chi connectivity index (χ2n) is 8.51. The van der Waals surface area contributed by atoms with Crippen LogP contribution in [0, 0.1) is 5.92 Å². The highest BCUT2D eigenvalue weighted by atomic mass is 32.1. The molecule has 1 aromatic rings. The third-order valence-corrected chi connectivity index (χ3v) is 6.52. The van der Waals surface area contributed by atoms with Gasteiger partial charge in [-0.3, -0.25) is 9.69 Å². The van der Waals surface area contributed by atoms with Gasteiger partial charge in [0, 0.05) is 37.3 Å². The topological polar surface area (TPSA) is 96.7 Å². The SMILES string of the molecule is CC[C@H](C)[C@@H](CN(C)[C@@H](Cc1ccccc1)C(=O)N[C@H]1CCOC1=O)NC[C@@H](N)CS. The highest BCUT2D eigenvalue weighted by molar-refractivity contribution is 7.80. The lowest BCUT2D eigenvalue weighted by molar-refractivity contribution is -0.142. The van der Waals surface area contributed by atoms with Crippen LogP contribution in [0.4, 0.5) is 0 Å². The van der Waals surface area contributed by atoms with Crippen LogP contribution in [0.2, 0.25) is 0 Å². The molecule has 31 heavy (non-hydrogen) atoms. The number of carbonyl (C=O) groups excluding carboxylic acids is 2. The molecule has 0 saturated carbocycles. The number of likely N-dealkylation sites (N-methyl/N-ethyl adjacent to an activating group) is 1. The van der Waals surface area contributed by atoms with Gasteiger partial charge in [-0.1, -0.05) is 50.6 Å². The molecule has 174 valence electrons. The molecule has 1 heterocycles. The maximum absolute atomic E-state index is 13.2. The van der Waals surface area contributed by atoms with E-state index in [4.69, 9.17) is 10.5 Å². The van der Waals surface area contributed by atoms with E-state index in [1.54, 1.807) is 0 Å². The Morgan fingerprint density at radius 2 is 2.06 bits per heavy atom. The van der Waals surface area contributed by atoms with E-state index < -0.39 is 12.1 Å². The summed E-state index contributed by atoms with van der Waals surface area (Å²) < 4.78 is 5.01. The zero-order chi connectivity index (χ0) is 22.8. The van der Waals surface area contributed by atoms with Crippen molar-refractivity contribution >= 4 is 24.5 Å². The fourth-order valence-corrected chi connectivity index (χ4v) is 3.84. The number of amides is 1. The number of nitrogens with two attached hydrogens (primary N) is 1. The van der Waals surface area contributed by atoms with Crippen LogP contribution in [0.5, 0.6) is 0 Å². The van der Waals surface area contributed by atoms with Gasteiger partial charge in [0.2, 0.25) is 5.91 Å². The summed E-state index contributed by atoms with van der Waals surface area (Å²) in [5, 5.41) is 6.47. The van der Waals surface area contributed by atoms with Gasteiger partial charge in [0.15, 0.2) is 0 Å². The summed E-state index contributed by atoms with van der Waals surface area (Å²) in [4.78, 5) is 27.2. The zero-order valence-electron chi connectivity index (χ0n) is 18.9. The number of hydrogen-bond donors (Lipinski definition) is 4. The molecule has 1 saturated heterocycles. The molecule has 0 unspecified atom stereocenters. The molecule has 8 heteroatoms. The summed E-state index contributed by atoms with van der Waals surface area (Å²) in [6, 6.07) is 9.16. The fraction of sp³-hybridized carbons (Fsp3) is 0.652. The van der Waals surface area contributed by atoms with Gasteiger partial charge in [-0.25, -0.2) is 4.79 Å². The Bertz CT molecular complexity index is 691. The Balaban J connectivity index is 2.13. The molecular formula is C23H38N4O3S. The Hall–Kier alpha value is -1.61. The van der Waals surface area contributed by atoms with Crippen molar-refractivity contribution in [1.82, 2.24) is 15.5 Å². The molecule has 1 amide bonds. The Kier molecular flexibility index (Phi) is 10.8. The monoisotopic (exact) mass is 450 g/mol. The lowest BCUT2D eigenvalue weighted by Crippen LogP contribution is -2.55. The molecule has 0 aliphatic carbocycles. The number of ether oxygens (including phenoxy) is 1. The molecule has 0 spiro atoms. The quantitative estimate of drug-likeness (QED) is 0.267. The summed E-state index contributed by atoms with van der Waals surface area (Å²) in [6.07, 6.45) is 2.10. The molecule has 1 aliphatic heterocycles. The highest BCUT2D eigenvalue weighted by Crippen LogP contribution is 2.15. The molecule has 1 aromatic carbocycles. The lowest BCUT2D eigenvalue weighted by atomic mass is 9.96. The molecule has 2 rings (SSSR count). The Labute approximate surface area is 191 Å². The summed E-state index contributed by atoms with van der Waals surface area (Å²) >= 11 is 4.27. The molecule has 1 aliphatic rings. The zero-order valence-corrected chi connectivity index (χ0v) is 19.8. The fourth-order valence-electron chi connectivity index (χ4n) is 3.72. The number of cyclic esters (lactones) is 1. The minimum absolute atomic E-state index is 0.0167. The first-order valence-electron chi connectivity index (χ1n) is 11.2. The first-order valence-corrected chi connectivity index (χ1v) is 11.8. The van der Waals surface area contributed by atoms with E-state index in [9.17, 15) is 9.59 Å². The smallest absolute Gasteiger partial charge is 0.328 e. The average Bonchev–Trinajstić information content (AvgIpc) is 3.18. The van der Waals surface area contributed by atoms with Gasteiger partial charge in [-0.15, -0.1) is 0 Å². The highest BCUT2D eigenvalue weighted by Gasteiger charge is 2.33. The summed E-state index contributed by atoms with van der Waals surface area (Å²) in [5.74, 6) is 0.534. The lowest BCUT2D eigenvalue weighted by Gasteiger charge is -2.34. The van der Waals surface area contributed by atoms with E-state index in [2.05, 4.69) is 42.0 Å². The molecule has 1 fully saturated rings. The summed E-state index contributed by atoms with van der Waals surface area (Å²) in [5.41, 5.74) is 7.13. The third-order valence-electron chi connectivity index (χ3n) is 6.05. The number of benzene rings is 1. The number of esters is 1. The Morgan fingerprint density at radius 1 is 1.35 bits per heavy atom. The number of thiol groups is 1. The number of nitrogens with one attached hydrogen (secondary N) is 2. The molecule has 7 nitrogen and oxygen atoms in total. The standard InChI is InChI=1S/C23H38N4O3S/c1-4-16(2)20(25-13-18(24)15-31)14-27(3)21(12-17-8-6-5-7-9-17)22(28)26-19-10-11-30-23(19)29/h5-9,16,18-21,25,31H,4,10-15,24H2,1-3H3,(H,26,28)/t16-,18+,19-,20+,21-/m0/s1. The van der Waals surface area contributed by atoms with Gasteiger partial charge in [0.25, 0.3) is 0 Å². The van der Waals surface area contributed by atoms with Gasteiger partial charge in [0.1, 0.15) is 6.04 Å². The maximum atomic E-state index is 13.2. The second-order valence-corrected chi connectivity index (χ2v) is 8.87. The number of rotatable bonds is 13. The third kappa shape index (κ3) is 8.11. The minimum Gasteiger partial charge on any atom is -0.464 e. The normalized spacial score (nSPS) is 20.2. The largest absolute Gasteiger partial charge is 0.464 e. The van der Waals surface area contributed by atoms with Gasteiger partial charge in [-0.05, 0) is 24.9 Å². The van der Waals surface area contributed by atoms with Crippen molar-refractivity contribution in [1.29, 1.82) is 0 Å². The van der Waals surface area contributed by atoms with Crippen molar-refractivity contribution in [2.24, 2.45) is 11.7 Å². The van der Waals surface area contributed by atoms with E-state index >= 15 is 0 Å². The summed E-state index contributed by atoms with van der Waals surface area (Å²) in [7, 11) is 1.97. The van der Waals surface area contributed by atoms with Crippen LogP contribution in [0.25, 0.3) is 0 Å². The molecular weight excluding hydrogens is 412 g/mol. The Morgan fingerprint density at radius 3 is 2.65 bits per heavy atom. The van der Waals surface area contributed by atoms with Gasteiger partial charge in [-0.2, -0.15) is 12.6 Å². The van der Waals surface area contributed by atoms with Crippen molar-refractivity contribution in [2.45, 2.75) is 57.3 Å². The van der Waals surface area contributed by atoms with E-state index in [-0.39, 0.29) is 24.0 Å². The van der Waals surface area contributed by atoms with Crippen LogP contribution in [0.1, 0.15) is 32.3 Å². The van der Waals surface area contributed by atoms with Crippen molar-refractivity contribution in [2.75, 3.05) is 32.5 Å². The van der Waals surface area contributed by atoms with Crippen molar-refractivity contribution < 1.29 is 14.3 Å². The summed E-state index contributed by atoms with van der Waals surface area (Å²) in [6.45, 7) is 6.09. The average molecular weight is 451 g/mol. The van der Waals surface area contributed by atoms with E-state index in [0.717, 1.165) is 12.0 Å². The number of carbonyl (C=O) groups is 2. The number of hydrogen-bond acceptors (Lipinski definition) is 7. The minimum atomic E-state index is -0.559. The van der Waals surface area contributed by atoms with E-state index in [1.807, 2.05) is 37.4 Å². The van der Waals surface area contributed by atoms with Crippen molar-refractivity contribution in [3.63, 3.8) is 0 Å². The van der Waals surface area contributed by atoms with E-state index in [1.165, 1.54) is 0 Å². The van der Waals surface area contributed by atoms with Crippen LogP contribution < -0.4 is 16.4 Å². The van der Waals surface area contributed by atoms with Crippen molar-refractivity contribution in [3.8, 4) is 0 Å². The molecule has 5 atom stereocenters. The van der Waals surface area contributed by atoms with Crippen LogP contribution in [0.15, 0.2) is 30.3 Å². The van der Waals surface area contributed by atoms with Crippen molar-refractivity contribution in [3.05, 3.63) is 35.9 Å². The van der Waals surface area contributed by atoms with Gasteiger partial charge < -0.3 is 21.1 Å². The molecule has 0 bridgehead atoms. The molecule has 0 radical (unpaired) electrons. The van der Waals surface area contributed by atoms with Crippen LogP contribution >= 0.6 is 12.6 Å². The predicted molar refractivity (Wildman–Crippen MR) is 127 cm³/mol. The first-order chi connectivity index (χ1) is 14.8. The van der Waals surface area contributed by atoms with E-state index in [0.29, 0.717) is 44.2 Å². The first kappa shape index (κ1) is 25.6. The van der Waals surface area contributed by atoms with Crippen LogP contribution in [0.3, 0.4) is 0 Å².